The minimum atomic E-state index is -0.679. The SMILES string of the molecule is CCCCCCCCCCC[C@H]1C[C@@H](OC(=O)[C@@H](CC(C)C)NC=O)[C@H](CCCCCC)C(=O)O1. The summed E-state index contributed by atoms with van der Waals surface area (Å²) in [5.41, 5.74) is 0. The lowest BCUT2D eigenvalue weighted by Crippen LogP contribution is -2.47. The fraction of sp³-hybridized carbons (Fsp3) is 0.897. The number of hydrogen-bond acceptors (Lipinski definition) is 5. The van der Waals surface area contributed by atoms with Crippen molar-refractivity contribution >= 4 is 18.3 Å². The monoisotopic (exact) mass is 495 g/mol. The van der Waals surface area contributed by atoms with E-state index in [1.165, 1.54) is 44.9 Å². The lowest BCUT2D eigenvalue weighted by atomic mass is 9.87. The van der Waals surface area contributed by atoms with Gasteiger partial charge in [0.15, 0.2) is 0 Å². The first kappa shape index (κ1) is 31.4. The van der Waals surface area contributed by atoms with E-state index in [0.717, 1.165) is 44.9 Å². The van der Waals surface area contributed by atoms with Gasteiger partial charge in [-0.3, -0.25) is 9.59 Å². The molecule has 6 nitrogen and oxygen atoms in total. The molecule has 1 saturated heterocycles. The van der Waals surface area contributed by atoms with E-state index in [1.54, 1.807) is 0 Å². The van der Waals surface area contributed by atoms with Crippen LogP contribution in [0, 0.1) is 11.8 Å². The highest BCUT2D eigenvalue weighted by molar-refractivity contribution is 5.79. The zero-order valence-corrected chi connectivity index (χ0v) is 23.0. The Morgan fingerprint density at radius 1 is 0.943 bits per heavy atom. The Kier molecular flexibility index (Phi) is 17.6. The zero-order chi connectivity index (χ0) is 25.9. The van der Waals surface area contributed by atoms with Crippen molar-refractivity contribution in [1.29, 1.82) is 0 Å². The smallest absolute Gasteiger partial charge is 0.328 e. The van der Waals surface area contributed by atoms with Crippen molar-refractivity contribution in [3.8, 4) is 0 Å². The predicted octanol–water partition coefficient (Wildman–Crippen LogP) is 6.88. The molecule has 1 aliphatic rings. The van der Waals surface area contributed by atoms with Gasteiger partial charge in [0.1, 0.15) is 18.2 Å². The van der Waals surface area contributed by atoms with Gasteiger partial charge in [-0.05, 0) is 31.6 Å². The number of unbranched alkanes of at least 4 members (excludes halogenated alkanes) is 11. The topological polar surface area (TPSA) is 81.7 Å². The molecule has 1 fully saturated rings. The molecule has 0 unspecified atom stereocenters. The molecule has 1 N–H and O–H groups in total. The number of hydrogen-bond donors (Lipinski definition) is 1. The lowest BCUT2D eigenvalue weighted by Gasteiger charge is -2.35. The molecule has 0 aromatic carbocycles. The Hall–Kier alpha value is -1.59. The van der Waals surface area contributed by atoms with Crippen LogP contribution in [0.2, 0.25) is 0 Å². The molecule has 0 aromatic heterocycles. The molecular formula is C29H53NO5. The minimum Gasteiger partial charge on any atom is -0.462 e. The van der Waals surface area contributed by atoms with Crippen molar-refractivity contribution < 1.29 is 23.9 Å². The highest BCUT2D eigenvalue weighted by Gasteiger charge is 2.41. The summed E-state index contributed by atoms with van der Waals surface area (Å²) < 4.78 is 11.7. The molecule has 35 heavy (non-hydrogen) atoms. The zero-order valence-electron chi connectivity index (χ0n) is 23.0. The van der Waals surface area contributed by atoms with E-state index in [1.807, 2.05) is 13.8 Å². The van der Waals surface area contributed by atoms with Gasteiger partial charge in [-0.25, -0.2) is 4.79 Å². The molecule has 0 bridgehead atoms. The van der Waals surface area contributed by atoms with Crippen molar-refractivity contribution in [3.63, 3.8) is 0 Å². The molecule has 1 amide bonds. The van der Waals surface area contributed by atoms with Crippen LogP contribution in [-0.4, -0.2) is 36.6 Å². The number of amides is 1. The highest BCUT2D eigenvalue weighted by atomic mass is 16.6. The van der Waals surface area contributed by atoms with Crippen LogP contribution in [0.25, 0.3) is 0 Å². The third-order valence-corrected chi connectivity index (χ3v) is 7.06. The fourth-order valence-corrected chi connectivity index (χ4v) is 4.98. The van der Waals surface area contributed by atoms with Crippen LogP contribution in [0.4, 0.5) is 0 Å². The molecule has 1 heterocycles. The third kappa shape index (κ3) is 13.9. The summed E-state index contributed by atoms with van der Waals surface area (Å²) in [5, 5.41) is 2.60. The molecule has 1 aliphatic heterocycles. The summed E-state index contributed by atoms with van der Waals surface area (Å²) in [6.07, 6.45) is 18.0. The van der Waals surface area contributed by atoms with E-state index in [0.29, 0.717) is 25.7 Å². The number of ether oxygens (including phenoxy) is 2. The number of nitrogens with one attached hydrogen (secondary N) is 1. The highest BCUT2D eigenvalue weighted by Crippen LogP contribution is 2.31. The van der Waals surface area contributed by atoms with Gasteiger partial charge >= 0.3 is 11.9 Å². The van der Waals surface area contributed by atoms with E-state index in [9.17, 15) is 14.4 Å². The Morgan fingerprint density at radius 3 is 2.06 bits per heavy atom. The maximum absolute atomic E-state index is 12.9. The van der Waals surface area contributed by atoms with E-state index >= 15 is 0 Å². The Morgan fingerprint density at radius 2 is 1.49 bits per heavy atom. The van der Waals surface area contributed by atoms with E-state index in [-0.39, 0.29) is 18.0 Å². The van der Waals surface area contributed by atoms with Crippen LogP contribution in [0.1, 0.15) is 137 Å². The van der Waals surface area contributed by atoms with Gasteiger partial charge in [-0.2, -0.15) is 0 Å². The average Bonchev–Trinajstić information content (AvgIpc) is 2.81. The summed E-state index contributed by atoms with van der Waals surface area (Å²) in [5.74, 6) is -0.840. The molecule has 1 rings (SSSR count). The second-order valence-corrected chi connectivity index (χ2v) is 10.8. The normalized spacial score (nSPS) is 20.9. The Balaban J connectivity index is 2.61. The van der Waals surface area contributed by atoms with Crippen molar-refractivity contribution in [2.45, 2.75) is 155 Å². The van der Waals surface area contributed by atoms with E-state index in [4.69, 9.17) is 9.47 Å². The van der Waals surface area contributed by atoms with Gasteiger partial charge in [-0.1, -0.05) is 105 Å². The molecule has 204 valence electrons. The third-order valence-electron chi connectivity index (χ3n) is 7.06. The Labute approximate surface area is 214 Å². The molecule has 0 aromatic rings. The summed E-state index contributed by atoms with van der Waals surface area (Å²) in [4.78, 5) is 36.8. The van der Waals surface area contributed by atoms with E-state index < -0.39 is 24.0 Å². The fourth-order valence-electron chi connectivity index (χ4n) is 4.98. The molecule has 0 saturated carbocycles. The van der Waals surface area contributed by atoms with Gasteiger partial charge in [0.25, 0.3) is 0 Å². The lowest BCUT2D eigenvalue weighted by molar-refractivity contribution is -0.181. The van der Waals surface area contributed by atoms with Crippen molar-refractivity contribution in [2.24, 2.45) is 11.8 Å². The van der Waals surface area contributed by atoms with Crippen LogP contribution >= 0.6 is 0 Å². The van der Waals surface area contributed by atoms with Crippen LogP contribution in [-0.2, 0) is 23.9 Å². The summed E-state index contributed by atoms with van der Waals surface area (Å²) >= 11 is 0. The quantitative estimate of drug-likeness (QED) is 0.107. The van der Waals surface area contributed by atoms with Crippen LogP contribution in [0.5, 0.6) is 0 Å². The number of carbonyl (C=O) groups is 3. The van der Waals surface area contributed by atoms with Gasteiger partial charge in [0.05, 0.1) is 5.92 Å². The summed E-state index contributed by atoms with van der Waals surface area (Å²) in [6.45, 7) is 8.40. The number of carbonyl (C=O) groups excluding carboxylic acids is 3. The minimum absolute atomic E-state index is 0.195. The maximum atomic E-state index is 12.9. The first-order valence-corrected chi connectivity index (χ1v) is 14.5. The first-order valence-electron chi connectivity index (χ1n) is 14.5. The largest absolute Gasteiger partial charge is 0.462 e. The molecular weight excluding hydrogens is 442 g/mol. The first-order chi connectivity index (χ1) is 16.9. The summed E-state index contributed by atoms with van der Waals surface area (Å²) in [6, 6.07) is -0.679. The average molecular weight is 496 g/mol. The maximum Gasteiger partial charge on any atom is 0.328 e. The number of rotatable bonds is 21. The summed E-state index contributed by atoms with van der Waals surface area (Å²) in [7, 11) is 0. The van der Waals surface area contributed by atoms with Crippen molar-refractivity contribution in [3.05, 3.63) is 0 Å². The van der Waals surface area contributed by atoms with Crippen LogP contribution < -0.4 is 5.32 Å². The molecule has 0 aliphatic carbocycles. The Bertz CT molecular complexity index is 579. The number of esters is 2. The standard InChI is InChI=1S/C29H53NO5/c1-5-7-9-11-12-13-14-15-16-18-24-21-27(25(28(32)34-24)19-17-10-8-6-2)35-29(33)26(30-22-31)20-23(3)4/h22-27H,5-21H2,1-4H3,(H,30,31)/t24-,25-,26+,27+/m0/s1. The van der Waals surface area contributed by atoms with Crippen LogP contribution in [0.3, 0.4) is 0 Å². The van der Waals surface area contributed by atoms with Gasteiger partial charge in [-0.15, -0.1) is 0 Å². The van der Waals surface area contributed by atoms with Gasteiger partial charge in [0.2, 0.25) is 6.41 Å². The molecule has 6 heteroatoms. The molecule has 4 atom stereocenters. The van der Waals surface area contributed by atoms with Gasteiger partial charge in [0, 0.05) is 6.42 Å². The van der Waals surface area contributed by atoms with Crippen molar-refractivity contribution in [1.82, 2.24) is 5.32 Å². The molecule has 0 spiro atoms. The molecule has 0 radical (unpaired) electrons. The van der Waals surface area contributed by atoms with E-state index in [2.05, 4.69) is 19.2 Å². The van der Waals surface area contributed by atoms with Crippen LogP contribution in [0.15, 0.2) is 0 Å². The van der Waals surface area contributed by atoms with Gasteiger partial charge < -0.3 is 14.8 Å². The predicted molar refractivity (Wildman–Crippen MR) is 141 cm³/mol. The second-order valence-electron chi connectivity index (χ2n) is 10.8. The number of cyclic esters (lactones) is 1. The van der Waals surface area contributed by atoms with Crippen molar-refractivity contribution in [2.75, 3.05) is 0 Å². The second kappa shape index (κ2) is 19.6.